The van der Waals surface area contributed by atoms with Gasteiger partial charge in [-0.05, 0) is 36.0 Å². The van der Waals surface area contributed by atoms with Crippen LogP contribution in [0, 0.1) is 11.8 Å². The summed E-state index contributed by atoms with van der Waals surface area (Å²) in [6.45, 7) is 8.67. The van der Waals surface area contributed by atoms with Crippen molar-refractivity contribution in [2.45, 2.75) is 40.0 Å². The number of rotatable bonds is 8. The van der Waals surface area contributed by atoms with Gasteiger partial charge in [0.05, 0.1) is 12.4 Å². The molecule has 1 rings (SSSR count). The molecule has 2 N–H and O–H groups in total. The zero-order chi connectivity index (χ0) is 16.0. The van der Waals surface area contributed by atoms with E-state index >= 15 is 0 Å². The van der Waals surface area contributed by atoms with Crippen molar-refractivity contribution in [3.8, 4) is 5.75 Å². The maximum Gasteiger partial charge on any atom is 0.209 e. The first-order chi connectivity index (χ1) is 9.73. The van der Waals surface area contributed by atoms with Crippen LogP contribution in [-0.2, 0) is 10.0 Å². The number of primary sulfonamides is 1. The van der Waals surface area contributed by atoms with Gasteiger partial charge in [-0.2, -0.15) is 0 Å². The van der Waals surface area contributed by atoms with E-state index in [4.69, 9.17) is 9.88 Å². The van der Waals surface area contributed by atoms with Gasteiger partial charge in [0, 0.05) is 5.92 Å². The van der Waals surface area contributed by atoms with Crippen molar-refractivity contribution in [2.75, 3.05) is 12.4 Å². The Morgan fingerprint density at radius 1 is 1.14 bits per heavy atom. The second-order valence-corrected chi connectivity index (χ2v) is 7.68. The van der Waals surface area contributed by atoms with E-state index in [-0.39, 0.29) is 17.6 Å². The van der Waals surface area contributed by atoms with Crippen LogP contribution in [0.4, 0.5) is 0 Å². The summed E-state index contributed by atoms with van der Waals surface area (Å²) in [5, 5.41) is 5.13. The number of nitrogens with two attached hydrogens (primary N) is 1. The summed E-state index contributed by atoms with van der Waals surface area (Å²) in [7, 11) is -3.47. The standard InChI is InChI=1S/C16H27NO3S/c1-5-13(4)14-6-8-16(9-7-14)20-10-15(12(2)3)11-21(17,18)19/h6-9,12-13,15H,5,10-11H2,1-4H3,(H2,17,18,19). The molecule has 0 heterocycles. The second kappa shape index (κ2) is 7.80. The Balaban J connectivity index is 2.64. The van der Waals surface area contributed by atoms with Gasteiger partial charge in [-0.15, -0.1) is 0 Å². The van der Waals surface area contributed by atoms with Gasteiger partial charge in [0.1, 0.15) is 5.75 Å². The van der Waals surface area contributed by atoms with E-state index in [9.17, 15) is 8.42 Å². The highest BCUT2D eigenvalue weighted by atomic mass is 32.2. The summed E-state index contributed by atoms with van der Waals surface area (Å²) in [6.07, 6.45) is 1.10. The van der Waals surface area contributed by atoms with Crippen LogP contribution in [0.5, 0.6) is 5.75 Å². The van der Waals surface area contributed by atoms with Gasteiger partial charge in [0.15, 0.2) is 0 Å². The van der Waals surface area contributed by atoms with E-state index in [1.165, 1.54) is 5.56 Å². The fourth-order valence-electron chi connectivity index (χ4n) is 2.06. The van der Waals surface area contributed by atoms with Crippen molar-refractivity contribution < 1.29 is 13.2 Å². The first kappa shape index (κ1) is 18.0. The predicted molar refractivity (Wildman–Crippen MR) is 86.9 cm³/mol. The van der Waals surface area contributed by atoms with Gasteiger partial charge in [-0.1, -0.05) is 39.8 Å². The van der Waals surface area contributed by atoms with E-state index in [1.807, 2.05) is 26.0 Å². The molecule has 1 aromatic carbocycles. The molecule has 0 radical (unpaired) electrons. The summed E-state index contributed by atoms with van der Waals surface area (Å²) in [5.41, 5.74) is 1.29. The molecule has 2 atom stereocenters. The lowest BCUT2D eigenvalue weighted by molar-refractivity contribution is 0.225. The van der Waals surface area contributed by atoms with Crippen LogP contribution >= 0.6 is 0 Å². The highest BCUT2D eigenvalue weighted by molar-refractivity contribution is 7.89. The van der Waals surface area contributed by atoms with Crippen molar-refractivity contribution in [1.82, 2.24) is 0 Å². The zero-order valence-electron chi connectivity index (χ0n) is 13.4. The third kappa shape index (κ3) is 6.48. The van der Waals surface area contributed by atoms with Gasteiger partial charge in [-0.3, -0.25) is 0 Å². The average Bonchev–Trinajstić information content (AvgIpc) is 2.41. The van der Waals surface area contributed by atoms with Crippen molar-refractivity contribution in [3.05, 3.63) is 29.8 Å². The number of sulfonamides is 1. The Morgan fingerprint density at radius 3 is 2.14 bits per heavy atom. The fraction of sp³-hybridized carbons (Fsp3) is 0.625. The summed E-state index contributed by atoms with van der Waals surface area (Å²) in [6, 6.07) is 8.01. The van der Waals surface area contributed by atoms with Crippen LogP contribution in [-0.4, -0.2) is 20.8 Å². The van der Waals surface area contributed by atoms with Gasteiger partial charge in [-0.25, -0.2) is 13.6 Å². The SMILES string of the molecule is CCC(C)c1ccc(OCC(CS(N)(=O)=O)C(C)C)cc1. The molecule has 0 fully saturated rings. The first-order valence-corrected chi connectivity index (χ1v) is 9.17. The van der Waals surface area contributed by atoms with Gasteiger partial charge in [0.25, 0.3) is 0 Å². The average molecular weight is 313 g/mol. The molecule has 120 valence electrons. The molecule has 4 nitrogen and oxygen atoms in total. The van der Waals surface area contributed by atoms with Crippen molar-refractivity contribution in [3.63, 3.8) is 0 Å². The number of hydrogen-bond donors (Lipinski definition) is 1. The monoisotopic (exact) mass is 313 g/mol. The molecule has 0 saturated heterocycles. The van der Waals surface area contributed by atoms with Crippen LogP contribution in [0.15, 0.2) is 24.3 Å². The molecule has 5 heteroatoms. The van der Waals surface area contributed by atoms with Crippen molar-refractivity contribution in [1.29, 1.82) is 0 Å². The minimum Gasteiger partial charge on any atom is -0.493 e. The molecule has 0 aliphatic heterocycles. The maximum absolute atomic E-state index is 11.2. The first-order valence-electron chi connectivity index (χ1n) is 7.46. The van der Waals surface area contributed by atoms with E-state index in [1.54, 1.807) is 0 Å². The summed E-state index contributed by atoms with van der Waals surface area (Å²) < 4.78 is 28.2. The van der Waals surface area contributed by atoms with E-state index < -0.39 is 10.0 Å². The van der Waals surface area contributed by atoms with Crippen LogP contribution in [0.3, 0.4) is 0 Å². The zero-order valence-corrected chi connectivity index (χ0v) is 14.2. The predicted octanol–water partition coefficient (Wildman–Crippen LogP) is 3.14. The minimum absolute atomic E-state index is 0.0460. The maximum atomic E-state index is 11.2. The number of benzene rings is 1. The smallest absolute Gasteiger partial charge is 0.209 e. The second-order valence-electron chi connectivity index (χ2n) is 6.02. The quantitative estimate of drug-likeness (QED) is 0.801. The molecule has 0 spiro atoms. The van der Waals surface area contributed by atoms with Crippen molar-refractivity contribution >= 4 is 10.0 Å². The van der Waals surface area contributed by atoms with Gasteiger partial charge < -0.3 is 4.74 Å². The molecule has 0 aromatic heterocycles. The van der Waals surface area contributed by atoms with Crippen LogP contribution < -0.4 is 9.88 Å². The Morgan fingerprint density at radius 2 is 1.71 bits per heavy atom. The molecular formula is C16H27NO3S. The number of ether oxygens (including phenoxy) is 1. The third-order valence-electron chi connectivity index (χ3n) is 3.91. The largest absolute Gasteiger partial charge is 0.493 e. The molecular weight excluding hydrogens is 286 g/mol. The van der Waals surface area contributed by atoms with Gasteiger partial charge >= 0.3 is 0 Å². The molecule has 0 aliphatic carbocycles. The van der Waals surface area contributed by atoms with Crippen molar-refractivity contribution in [2.24, 2.45) is 17.0 Å². The topological polar surface area (TPSA) is 69.4 Å². The molecule has 0 aliphatic rings. The van der Waals surface area contributed by atoms with Gasteiger partial charge in [0.2, 0.25) is 10.0 Å². The Hall–Kier alpha value is -1.07. The lowest BCUT2D eigenvalue weighted by Crippen LogP contribution is -2.30. The molecule has 0 amide bonds. The van der Waals surface area contributed by atoms with E-state index in [2.05, 4.69) is 26.0 Å². The molecule has 2 unspecified atom stereocenters. The molecule has 0 bridgehead atoms. The highest BCUT2D eigenvalue weighted by Crippen LogP contribution is 2.22. The minimum atomic E-state index is -3.47. The summed E-state index contributed by atoms with van der Waals surface area (Å²) in [4.78, 5) is 0. The Labute approximate surface area is 128 Å². The van der Waals surface area contributed by atoms with Crippen LogP contribution in [0.2, 0.25) is 0 Å². The Bertz CT molecular complexity index is 523. The normalized spacial score (nSPS) is 15.0. The molecule has 21 heavy (non-hydrogen) atoms. The van der Waals surface area contributed by atoms with Crippen LogP contribution in [0.1, 0.15) is 45.6 Å². The summed E-state index contributed by atoms with van der Waals surface area (Å²) >= 11 is 0. The Kier molecular flexibility index (Phi) is 6.68. The third-order valence-corrected chi connectivity index (χ3v) is 4.81. The lowest BCUT2D eigenvalue weighted by Gasteiger charge is -2.20. The molecule has 0 saturated carbocycles. The van der Waals surface area contributed by atoms with Crippen LogP contribution in [0.25, 0.3) is 0 Å². The summed E-state index contributed by atoms with van der Waals surface area (Å²) in [5.74, 6) is 1.35. The van der Waals surface area contributed by atoms with E-state index in [0.717, 1.165) is 12.2 Å². The number of hydrogen-bond acceptors (Lipinski definition) is 3. The molecule has 1 aromatic rings. The van der Waals surface area contributed by atoms with E-state index in [0.29, 0.717) is 12.5 Å². The lowest BCUT2D eigenvalue weighted by atomic mass is 9.98. The fourth-order valence-corrected chi connectivity index (χ4v) is 3.14. The highest BCUT2D eigenvalue weighted by Gasteiger charge is 2.20.